The van der Waals surface area contributed by atoms with Gasteiger partial charge in [0, 0.05) is 33.1 Å². The average Bonchev–Trinajstić information content (AvgIpc) is 3.45. The van der Waals surface area contributed by atoms with Crippen molar-refractivity contribution in [3.63, 3.8) is 0 Å². The zero-order valence-electron chi connectivity index (χ0n) is 21.4. The van der Waals surface area contributed by atoms with E-state index in [1.165, 1.54) is 6.07 Å². The van der Waals surface area contributed by atoms with Crippen molar-refractivity contribution in [3.05, 3.63) is 140 Å². The van der Waals surface area contributed by atoms with Crippen LogP contribution in [0.25, 0.3) is 6.08 Å². The minimum absolute atomic E-state index is 0.155. The van der Waals surface area contributed by atoms with Crippen molar-refractivity contribution in [2.75, 3.05) is 5.32 Å². The highest BCUT2D eigenvalue weighted by Crippen LogP contribution is 2.62. The van der Waals surface area contributed by atoms with Crippen LogP contribution < -0.4 is 5.32 Å². The zero-order chi connectivity index (χ0) is 28.5. The highest BCUT2D eigenvalue weighted by molar-refractivity contribution is 6.37. The SMILES string of the molecule is O=C(c1ccc(Cl)cc1Cl)[C@@H]1[C@H](C(=O)c2ccc(Cl)cc2)N2C=Cc3ccccc3[C@H]2[C@]12C(=O)Nc1ccccc12. The minimum Gasteiger partial charge on any atom is -0.358 e. The Morgan fingerprint density at radius 2 is 1.51 bits per heavy atom. The van der Waals surface area contributed by atoms with Gasteiger partial charge in [0.1, 0.15) is 11.5 Å². The average molecular weight is 600 g/mol. The molecule has 0 aromatic heterocycles. The first-order valence-corrected chi connectivity index (χ1v) is 14.2. The van der Waals surface area contributed by atoms with Crippen molar-refractivity contribution in [1.82, 2.24) is 4.90 Å². The number of hydrogen-bond acceptors (Lipinski definition) is 4. The van der Waals surface area contributed by atoms with Gasteiger partial charge < -0.3 is 10.2 Å². The Bertz CT molecular complexity index is 1800. The molecule has 3 heterocycles. The van der Waals surface area contributed by atoms with Crippen LogP contribution in [0.1, 0.15) is 43.4 Å². The van der Waals surface area contributed by atoms with Crippen LogP contribution >= 0.6 is 34.8 Å². The maximum absolute atomic E-state index is 14.8. The van der Waals surface area contributed by atoms with E-state index in [9.17, 15) is 14.4 Å². The van der Waals surface area contributed by atoms with Crippen LogP contribution in [0.15, 0.2) is 97.2 Å². The van der Waals surface area contributed by atoms with Crippen LogP contribution in [0, 0.1) is 5.92 Å². The van der Waals surface area contributed by atoms with Crippen molar-refractivity contribution < 1.29 is 14.4 Å². The standard InChI is InChI=1S/C33H21Cl3N2O3/c34-20-11-9-19(10-12-20)29(39)28-27(30(40)23-14-13-21(35)17-25(23)36)33(24-7-3-4-8-26(24)37-32(33)41)31-22-6-2-1-5-18(22)15-16-38(28)31/h1-17,27-28,31H,(H,37,41)/t27-,28+,31-,33+/m0/s1. The van der Waals surface area contributed by atoms with E-state index in [4.69, 9.17) is 34.8 Å². The van der Waals surface area contributed by atoms with Crippen molar-refractivity contribution >= 4 is 64.0 Å². The Morgan fingerprint density at radius 3 is 2.29 bits per heavy atom. The van der Waals surface area contributed by atoms with Crippen LogP contribution in [0.5, 0.6) is 0 Å². The van der Waals surface area contributed by atoms with Gasteiger partial charge in [-0.1, -0.05) is 77.3 Å². The third-order valence-corrected chi connectivity index (χ3v) is 9.25. The van der Waals surface area contributed by atoms with E-state index in [-0.39, 0.29) is 22.3 Å². The molecule has 1 spiro atoms. The highest BCUT2D eigenvalue weighted by Gasteiger charge is 2.70. The number of anilines is 1. The number of carbonyl (C=O) groups is 3. The predicted octanol–water partition coefficient (Wildman–Crippen LogP) is 7.63. The summed E-state index contributed by atoms with van der Waals surface area (Å²) in [4.78, 5) is 45.7. The lowest BCUT2D eigenvalue weighted by Gasteiger charge is -2.38. The van der Waals surface area contributed by atoms with E-state index in [2.05, 4.69) is 5.32 Å². The molecule has 4 aromatic rings. The number of ketones is 2. The molecule has 7 rings (SSSR count). The fourth-order valence-electron chi connectivity index (χ4n) is 6.81. The molecule has 3 aliphatic heterocycles. The largest absolute Gasteiger partial charge is 0.358 e. The molecule has 4 aromatic carbocycles. The zero-order valence-corrected chi connectivity index (χ0v) is 23.6. The molecule has 8 heteroatoms. The van der Waals surface area contributed by atoms with Crippen LogP contribution in [0.3, 0.4) is 0 Å². The Morgan fingerprint density at radius 1 is 0.805 bits per heavy atom. The second-order valence-corrected chi connectivity index (χ2v) is 11.7. The number of hydrogen-bond donors (Lipinski definition) is 1. The first-order chi connectivity index (χ1) is 19.8. The molecule has 1 fully saturated rings. The number of Topliss-reactive ketones (excluding diaryl/α,β-unsaturated/α-hetero) is 2. The molecule has 202 valence electrons. The molecular formula is C33H21Cl3N2O3. The van der Waals surface area contributed by atoms with E-state index < -0.39 is 29.2 Å². The Balaban J connectivity index is 1.54. The summed E-state index contributed by atoms with van der Waals surface area (Å²) in [7, 11) is 0. The van der Waals surface area contributed by atoms with Gasteiger partial charge in [0.05, 0.1) is 17.0 Å². The van der Waals surface area contributed by atoms with Gasteiger partial charge in [-0.2, -0.15) is 0 Å². The molecule has 5 nitrogen and oxygen atoms in total. The van der Waals surface area contributed by atoms with Crippen molar-refractivity contribution in [2.45, 2.75) is 17.5 Å². The van der Waals surface area contributed by atoms with Gasteiger partial charge in [0.15, 0.2) is 11.6 Å². The number of amides is 1. The summed E-state index contributed by atoms with van der Waals surface area (Å²) in [5.41, 5.74) is 2.19. The Labute approximate surface area is 251 Å². The summed E-state index contributed by atoms with van der Waals surface area (Å²) in [6, 6.07) is 24.7. The Kier molecular flexibility index (Phi) is 6.09. The quantitative estimate of drug-likeness (QED) is 0.245. The number of carbonyl (C=O) groups excluding carboxylic acids is 3. The van der Waals surface area contributed by atoms with Crippen molar-refractivity contribution in [3.8, 4) is 0 Å². The molecule has 41 heavy (non-hydrogen) atoms. The van der Waals surface area contributed by atoms with E-state index >= 15 is 0 Å². The Hall–Kier alpha value is -3.90. The maximum Gasteiger partial charge on any atom is 0.238 e. The van der Waals surface area contributed by atoms with Crippen LogP contribution in [0.4, 0.5) is 5.69 Å². The molecule has 1 N–H and O–H groups in total. The summed E-state index contributed by atoms with van der Waals surface area (Å²) < 4.78 is 0. The van der Waals surface area contributed by atoms with Gasteiger partial charge in [0.25, 0.3) is 0 Å². The molecule has 1 saturated heterocycles. The highest BCUT2D eigenvalue weighted by atomic mass is 35.5. The summed E-state index contributed by atoms with van der Waals surface area (Å²) in [5, 5.41) is 4.05. The topological polar surface area (TPSA) is 66.5 Å². The summed E-state index contributed by atoms with van der Waals surface area (Å²) >= 11 is 18.9. The number of rotatable bonds is 4. The maximum atomic E-state index is 14.8. The second-order valence-electron chi connectivity index (χ2n) is 10.4. The first-order valence-electron chi connectivity index (χ1n) is 13.1. The predicted molar refractivity (Wildman–Crippen MR) is 161 cm³/mol. The smallest absolute Gasteiger partial charge is 0.238 e. The van der Waals surface area contributed by atoms with Gasteiger partial charge in [-0.05, 0) is 71.3 Å². The number of para-hydroxylation sites is 1. The molecule has 0 bridgehead atoms. The number of halogens is 3. The number of benzene rings is 4. The van der Waals surface area contributed by atoms with Crippen LogP contribution in [0.2, 0.25) is 15.1 Å². The molecule has 0 saturated carbocycles. The lowest BCUT2D eigenvalue weighted by molar-refractivity contribution is -0.122. The third-order valence-electron chi connectivity index (χ3n) is 8.45. The van der Waals surface area contributed by atoms with Gasteiger partial charge >= 0.3 is 0 Å². The molecule has 0 radical (unpaired) electrons. The lowest BCUT2D eigenvalue weighted by Crippen LogP contribution is -2.49. The van der Waals surface area contributed by atoms with Gasteiger partial charge in [-0.3, -0.25) is 14.4 Å². The van der Waals surface area contributed by atoms with Crippen molar-refractivity contribution in [2.24, 2.45) is 5.92 Å². The number of nitrogens with zero attached hydrogens (tertiary/aromatic N) is 1. The minimum atomic E-state index is -1.44. The molecule has 0 aliphatic carbocycles. The number of fused-ring (bicyclic) bond motifs is 6. The van der Waals surface area contributed by atoms with Gasteiger partial charge in [-0.25, -0.2) is 0 Å². The fourth-order valence-corrected chi connectivity index (χ4v) is 7.44. The molecular weight excluding hydrogens is 579 g/mol. The third kappa shape index (κ3) is 3.73. The fraction of sp³-hybridized carbons (Fsp3) is 0.121. The summed E-state index contributed by atoms with van der Waals surface area (Å²) in [6.07, 6.45) is 3.75. The van der Waals surface area contributed by atoms with Gasteiger partial charge in [0.2, 0.25) is 5.91 Å². The molecule has 0 unspecified atom stereocenters. The summed E-state index contributed by atoms with van der Waals surface area (Å²) in [5.74, 6) is -2.18. The van der Waals surface area contributed by atoms with E-state index in [1.54, 1.807) is 36.4 Å². The molecule has 1 amide bonds. The van der Waals surface area contributed by atoms with Gasteiger partial charge in [-0.15, -0.1) is 0 Å². The molecule has 3 aliphatic rings. The van der Waals surface area contributed by atoms with Crippen LogP contribution in [-0.2, 0) is 10.2 Å². The van der Waals surface area contributed by atoms with E-state index in [1.807, 2.05) is 65.7 Å². The van der Waals surface area contributed by atoms with E-state index in [0.29, 0.717) is 26.9 Å². The first kappa shape index (κ1) is 26.0. The van der Waals surface area contributed by atoms with Crippen LogP contribution in [-0.4, -0.2) is 28.4 Å². The second kappa shape index (κ2) is 9.59. The van der Waals surface area contributed by atoms with E-state index in [0.717, 1.165) is 11.1 Å². The lowest BCUT2D eigenvalue weighted by atomic mass is 9.62. The molecule has 4 atom stereocenters. The monoisotopic (exact) mass is 598 g/mol. The van der Waals surface area contributed by atoms with Crippen molar-refractivity contribution in [1.29, 1.82) is 0 Å². The number of nitrogens with one attached hydrogen (secondary N) is 1. The summed E-state index contributed by atoms with van der Waals surface area (Å²) in [6.45, 7) is 0. The normalized spacial score (nSPS) is 23.6.